The average Bonchev–Trinajstić information content (AvgIpc) is 2.84. The lowest BCUT2D eigenvalue weighted by Crippen LogP contribution is -2.27. The van der Waals surface area contributed by atoms with Gasteiger partial charge in [-0.3, -0.25) is 4.55 Å². The van der Waals surface area contributed by atoms with E-state index in [0.717, 1.165) is 11.1 Å². The molecule has 1 N–H and O–H groups in total. The summed E-state index contributed by atoms with van der Waals surface area (Å²) in [5.41, 5.74) is 2.88. The van der Waals surface area contributed by atoms with E-state index in [-0.39, 0.29) is 4.90 Å². The maximum absolute atomic E-state index is 12.1. The van der Waals surface area contributed by atoms with Crippen LogP contribution >= 0.6 is 7.92 Å². The smallest absolute Gasteiger partial charge is 0.294 e. The van der Waals surface area contributed by atoms with E-state index in [9.17, 15) is 13.0 Å². The Kier molecular flexibility index (Phi) is 7.99. The number of hydrogen-bond acceptors (Lipinski definition) is 4. The van der Waals surface area contributed by atoms with Crippen LogP contribution in [0, 0.1) is 0 Å². The minimum atomic E-state index is -4.34. The molecule has 0 saturated heterocycles. The highest BCUT2D eigenvalue weighted by molar-refractivity contribution is 7.85. The van der Waals surface area contributed by atoms with E-state index < -0.39 is 18.0 Å². The standard InChI is InChI=1S/C26H35O5PS/c1-30-23-14-9-15-24(31-2)26(23)22-18-21(33(27,28)29)16-17-25(22)32(19-10-5-3-6-11-19)20-12-7-4-8-13-20/h9,14-20H,3-8,10-13H2,1-2H3,(H,27,28,29). The van der Waals surface area contributed by atoms with Crippen molar-refractivity contribution in [2.75, 3.05) is 14.2 Å². The first kappa shape index (κ1) is 24.5. The highest BCUT2D eigenvalue weighted by Gasteiger charge is 2.35. The fraction of sp³-hybridized carbons (Fsp3) is 0.538. The largest absolute Gasteiger partial charge is 0.496 e. The van der Waals surface area contributed by atoms with Crippen molar-refractivity contribution in [1.82, 2.24) is 0 Å². The van der Waals surface area contributed by atoms with Crippen LogP contribution in [0.5, 0.6) is 11.5 Å². The molecule has 2 aromatic rings. The van der Waals surface area contributed by atoms with Crippen molar-refractivity contribution in [3.05, 3.63) is 36.4 Å². The molecule has 0 aliphatic heterocycles. The van der Waals surface area contributed by atoms with Crippen LogP contribution in [0.3, 0.4) is 0 Å². The lowest BCUT2D eigenvalue weighted by Gasteiger charge is -2.39. The summed E-state index contributed by atoms with van der Waals surface area (Å²) in [5.74, 6) is 1.29. The van der Waals surface area contributed by atoms with Gasteiger partial charge in [-0.1, -0.05) is 58.6 Å². The Balaban J connectivity index is 1.95. The molecule has 0 amide bonds. The van der Waals surface area contributed by atoms with Crippen molar-refractivity contribution in [1.29, 1.82) is 0 Å². The van der Waals surface area contributed by atoms with E-state index in [2.05, 4.69) is 0 Å². The summed E-state index contributed by atoms with van der Waals surface area (Å²) in [5, 5.41) is 1.22. The van der Waals surface area contributed by atoms with Crippen LogP contribution in [-0.4, -0.2) is 38.5 Å². The molecule has 7 heteroatoms. The summed E-state index contributed by atoms with van der Waals surface area (Å²) in [6, 6.07) is 10.8. The second-order valence-electron chi connectivity index (χ2n) is 9.18. The van der Waals surface area contributed by atoms with E-state index in [1.807, 2.05) is 24.3 Å². The van der Waals surface area contributed by atoms with Gasteiger partial charge >= 0.3 is 0 Å². The predicted molar refractivity (Wildman–Crippen MR) is 135 cm³/mol. The van der Waals surface area contributed by atoms with Gasteiger partial charge in [0.25, 0.3) is 10.1 Å². The molecular formula is C26H35O5PS. The summed E-state index contributed by atoms with van der Waals surface area (Å²) < 4.78 is 45.5. The zero-order chi connectivity index (χ0) is 23.4. The fourth-order valence-electron chi connectivity index (χ4n) is 5.63. The molecule has 0 unspecified atom stereocenters. The van der Waals surface area contributed by atoms with Crippen LogP contribution in [-0.2, 0) is 10.1 Å². The first-order valence-corrected chi connectivity index (χ1v) is 15.0. The highest BCUT2D eigenvalue weighted by Crippen LogP contribution is 2.57. The van der Waals surface area contributed by atoms with Crippen molar-refractivity contribution in [3.8, 4) is 22.6 Å². The van der Waals surface area contributed by atoms with E-state index in [1.54, 1.807) is 26.4 Å². The molecule has 2 aliphatic rings. The third kappa shape index (κ3) is 5.39. The molecule has 5 nitrogen and oxygen atoms in total. The number of methoxy groups -OCH3 is 2. The second-order valence-corrected chi connectivity index (χ2v) is 13.4. The molecule has 2 fully saturated rings. The van der Waals surface area contributed by atoms with Gasteiger partial charge in [0.05, 0.1) is 24.7 Å². The van der Waals surface area contributed by atoms with Gasteiger partial charge in [-0.25, -0.2) is 0 Å². The highest BCUT2D eigenvalue weighted by atomic mass is 32.2. The molecule has 2 aliphatic carbocycles. The molecule has 2 saturated carbocycles. The Morgan fingerprint density at radius 2 is 1.33 bits per heavy atom. The molecule has 0 bridgehead atoms. The Labute approximate surface area is 199 Å². The van der Waals surface area contributed by atoms with E-state index in [4.69, 9.17) is 9.47 Å². The zero-order valence-electron chi connectivity index (χ0n) is 19.6. The van der Waals surface area contributed by atoms with Crippen molar-refractivity contribution >= 4 is 23.3 Å². The summed E-state index contributed by atoms with van der Waals surface area (Å²) in [6.07, 6.45) is 12.7. The van der Waals surface area contributed by atoms with E-state index >= 15 is 0 Å². The van der Waals surface area contributed by atoms with Crippen molar-refractivity contribution in [3.63, 3.8) is 0 Å². The normalized spacial score (nSPS) is 18.4. The molecule has 0 atom stereocenters. The molecule has 0 spiro atoms. The maximum Gasteiger partial charge on any atom is 0.294 e. The quantitative estimate of drug-likeness (QED) is 0.360. The van der Waals surface area contributed by atoms with Crippen molar-refractivity contribution in [2.45, 2.75) is 80.4 Å². The molecule has 180 valence electrons. The third-order valence-electron chi connectivity index (χ3n) is 7.18. The Morgan fingerprint density at radius 3 is 1.79 bits per heavy atom. The lowest BCUT2D eigenvalue weighted by atomic mass is 9.99. The molecule has 4 rings (SSSR count). The number of benzene rings is 2. The van der Waals surface area contributed by atoms with Crippen LogP contribution in [0.15, 0.2) is 41.3 Å². The van der Waals surface area contributed by atoms with Crippen LogP contribution in [0.4, 0.5) is 0 Å². The molecule has 33 heavy (non-hydrogen) atoms. The van der Waals surface area contributed by atoms with Gasteiger partial charge < -0.3 is 9.47 Å². The van der Waals surface area contributed by atoms with Gasteiger partial charge in [0.2, 0.25) is 0 Å². The second kappa shape index (κ2) is 10.8. The number of ether oxygens (including phenoxy) is 2. The Bertz CT molecular complexity index is 1020. The topological polar surface area (TPSA) is 72.8 Å². The van der Waals surface area contributed by atoms with Crippen LogP contribution in [0.25, 0.3) is 11.1 Å². The Hall–Kier alpha value is -1.62. The van der Waals surface area contributed by atoms with Crippen molar-refractivity contribution < 1.29 is 22.4 Å². The van der Waals surface area contributed by atoms with Gasteiger partial charge in [-0.15, -0.1) is 0 Å². The first-order chi connectivity index (χ1) is 15.9. The minimum Gasteiger partial charge on any atom is -0.496 e. The van der Waals surface area contributed by atoms with Gasteiger partial charge in [0.1, 0.15) is 11.5 Å². The first-order valence-electron chi connectivity index (χ1n) is 12.0. The monoisotopic (exact) mass is 490 g/mol. The number of hydrogen-bond donors (Lipinski definition) is 1. The maximum atomic E-state index is 12.1. The van der Waals surface area contributed by atoms with Gasteiger partial charge in [-0.05, 0) is 72.1 Å². The molecule has 0 radical (unpaired) electrons. The Morgan fingerprint density at radius 1 is 0.818 bits per heavy atom. The average molecular weight is 491 g/mol. The van der Waals surface area contributed by atoms with Gasteiger partial charge in [-0.2, -0.15) is 8.42 Å². The molecular weight excluding hydrogens is 455 g/mol. The van der Waals surface area contributed by atoms with E-state index in [1.165, 1.54) is 69.5 Å². The number of rotatable bonds is 7. The fourth-order valence-corrected chi connectivity index (χ4v) is 10.1. The molecule has 2 aromatic carbocycles. The van der Waals surface area contributed by atoms with Gasteiger partial charge in [0.15, 0.2) is 0 Å². The molecule has 0 aromatic heterocycles. The van der Waals surface area contributed by atoms with Crippen LogP contribution in [0.2, 0.25) is 0 Å². The third-order valence-corrected chi connectivity index (χ3v) is 11.6. The SMILES string of the molecule is COc1cccc(OC)c1-c1cc(S(=O)(=O)O)ccc1P(C1CCCCC1)C1CCCCC1. The summed E-state index contributed by atoms with van der Waals surface area (Å²) in [6.45, 7) is 0. The molecule has 0 heterocycles. The van der Waals surface area contributed by atoms with E-state index in [0.29, 0.717) is 22.8 Å². The van der Waals surface area contributed by atoms with Crippen LogP contribution < -0.4 is 14.8 Å². The summed E-state index contributed by atoms with van der Waals surface area (Å²) in [4.78, 5) is -0.0866. The summed E-state index contributed by atoms with van der Waals surface area (Å²) >= 11 is 0. The zero-order valence-corrected chi connectivity index (χ0v) is 21.3. The lowest BCUT2D eigenvalue weighted by molar-refractivity contribution is 0.397. The van der Waals surface area contributed by atoms with Gasteiger partial charge in [0, 0.05) is 0 Å². The van der Waals surface area contributed by atoms with Crippen LogP contribution in [0.1, 0.15) is 64.2 Å². The van der Waals surface area contributed by atoms with Crippen molar-refractivity contribution in [2.24, 2.45) is 0 Å². The minimum absolute atomic E-state index is 0.0866. The summed E-state index contributed by atoms with van der Waals surface area (Å²) in [7, 11) is -1.60. The predicted octanol–water partition coefficient (Wildman–Crippen LogP) is 6.39.